The van der Waals surface area contributed by atoms with Gasteiger partial charge in [0.2, 0.25) is 0 Å². The molecule has 0 aromatic heterocycles. The van der Waals surface area contributed by atoms with E-state index in [1.54, 1.807) is 0 Å². The quantitative estimate of drug-likeness (QED) is 0.111. The fourth-order valence-corrected chi connectivity index (χ4v) is 12.6. The highest BCUT2D eigenvalue weighted by Gasteiger charge is 2.41. The predicted molar refractivity (Wildman–Crippen MR) is 295 cm³/mol. The Labute approximate surface area is 411 Å². The van der Waals surface area contributed by atoms with Crippen LogP contribution in [0.5, 0.6) is 0 Å². The predicted octanol–water partition coefficient (Wildman–Crippen LogP) is 19.1. The minimum atomic E-state index is 0.0392. The molecule has 0 amide bonds. The van der Waals surface area contributed by atoms with Crippen molar-refractivity contribution >= 4 is 17.1 Å². The normalized spacial score (nSPS) is 13.7. The number of nitrogens with zero attached hydrogens (tertiary/aromatic N) is 1. The molecule has 0 radical (unpaired) electrons. The van der Waals surface area contributed by atoms with E-state index < -0.39 is 0 Å². The summed E-state index contributed by atoms with van der Waals surface area (Å²) in [4.78, 5) is 2.41. The monoisotopic (exact) mass is 893 g/mol. The zero-order valence-corrected chi connectivity index (χ0v) is 41.2. The zero-order chi connectivity index (χ0) is 47.3. The third kappa shape index (κ3) is 7.20. The molecule has 0 aliphatic heterocycles. The maximum atomic E-state index is 2.48. The lowest BCUT2D eigenvalue weighted by molar-refractivity contribution is 0.490. The summed E-state index contributed by atoms with van der Waals surface area (Å²) in [5.41, 5.74) is 27.8. The summed E-state index contributed by atoms with van der Waals surface area (Å²) >= 11 is 0. The van der Waals surface area contributed by atoms with Crippen molar-refractivity contribution in [3.63, 3.8) is 0 Å². The van der Waals surface area contributed by atoms with Crippen LogP contribution in [-0.4, -0.2) is 0 Å². The van der Waals surface area contributed by atoms with Crippen LogP contribution in [-0.2, 0) is 23.7 Å². The van der Waals surface area contributed by atoms with Gasteiger partial charge in [0.1, 0.15) is 0 Å². The van der Waals surface area contributed by atoms with Crippen molar-refractivity contribution in [2.75, 3.05) is 4.90 Å². The molecule has 0 atom stereocenters. The van der Waals surface area contributed by atoms with Gasteiger partial charge in [0, 0.05) is 27.9 Å². The Hall–Kier alpha value is -7.22. The number of fused-ring (bicyclic) bond motifs is 6. The molecule has 0 spiro atoms. The largest absolute Gasteiger partial charge is 0.311 e. The van der Waals surface area contributed by atoms with Gasteiger partial charge in [-0.15, -0.1) is 0 Å². The Morgan fingerprint density at radius 1 is 0.275 bits per heavy atom. The minimum absolute atomic E-state index is 0.0392. The summed E-state index contributed by atoms with van der Waals surface area (Å²) in [6, 6.07) is 76.0. The third-order valence-electron chi connectivity index (χ3n) is 16.5. The van der Waals surface area contributed by atoms with Crippen molar-refractivity contribution in [3.8, 4) is 66.8 Å². The van der Waals surface area contributed by atoms with Gasteiger partial charge in [0.15, 0.2) is 0 Å². The lowest BCUT2D eigenvalue weighted by atomic mass is 9.73. The number of aryl methyl sites for hydroxylation is 2. The number of hydrogen-bond acceptors (Lipinski definition) is 1. The van der Waals surface area contributed by atoms with Crippen molar-refractivity contribution in [1.82, 2.24) is 0 Å². The smallest absolute Gasteiger partial charge is 0.0462 e. The molecule has 0 saturated heterocycles. The Kier molecular flexibility index (Phi) is 11.6. The standard InChI is InChI=1S/C68H63N/c1-7-46-19-13-14-20-57(46)58-40-31-51(43-47(58)8-2)48-25-34-54(35-26-48)69(55-36-27-49(28-37-55)52-32-41-61-59-21-15-17-23-63(59)67(9-3,10-4)65(61)44-52)56-38-29-50(30-39-56)53-33-42-62-60-22-16-18-24-64(60)68(11-5,12-6)66(62)45-53/h13-45H,7-12H2,1-6H3. The number of anilines is 3. The van der Waals surface area contributed by atoms with Crippen LogP contribution in [0.2, 0.25) is 0 Å². The van der Waals surface area contributed by atoms with Crippen LogP contribution in [0.1, 0.15) is 101 Å². The van der Waals surface area contributed by atoms with Gasteiger partial charge in [-0.2, -0.15) is 0 Å². The maximum absolute atomic E-state index is 2.48. The molecular formula is C68H63N. The van der Waals surface area contributed by atoms with E-state index in [1.807, 2.05) is 0 Å². The lowest BCUT2D eigenvalue weighted by Gasteiger charge is -2.30. The fourth-order valence-electron chi connectivity index (χ4n) is 12.6. The van der Waals surface area contributed by atoms with Crippen molar-refractivity contribution in [2.24, 2.45) is 0 Å². The summed E-state index contributed by atoms with van der Waals surface area (Å²) in [5.74, 6) is 0. The lowest BCUT2D eigenvalue weighted by Crippen LogP contribution is -2.23. The average Bonchev–Trinajstić information content (AvgIpc) is 3.87. The maximum Gasteiger partial charge on any atom is 0.0462 e. The molecule has 1 heteroatoms. The van der Waals surface area contributed by atoms with Crippen LogP contribution in [0.3, 0.4) is 0 Å². The van der Waals surface area contributed by atoms with E-state index in [2.05, 4.69) is 247 Å². The van der Waals surface area contributed by atoms with Crippen molar-refractivity contribution in [1.29, 1.82) is 0 Å². The van der Waals surface area contributed by atoms with Gasteiger partial charge in [-0.3, -0.25) is 0 Å². The van der Waals surface area contributed by atoms with E-state index in [0.29, 0.717) is 0 Å². The molecule has 69 heavy (non-hydrogen) atoms. The van der Waals surface area contributed by atoms with Gasteiger partial charge >= 0.3 is 0 Å². The van der Waals surface area contributed by atoms with Crippen LogP contribution in [0.4, 0.5) is 17.1 Å². The first-order chi connectivity index (χ1) is 33.9. The van der Waals surface area contributed by atoms with Gasteiger partial charge in [0.25, 0.3) is 0 Å². The van der Waals surface area contributed by atoms with Crippen molar-refractivity contribution < 1.29 is 0 Å². The summed E-state index contributed by atoms with van der Waals surface area (Å²) in [5, 5.41) is 0. The topological polar surface area (TPSA) is 3.24 Å². The third-order valence-corrected chi connectivity index (χ3v) is 16.5. The number of benzene rings is 9. The van der Waals surface area contributed by atoms with E-state index in [0.717, 1.165) is 55.6 Å². The zero-order valence-electron chi connectivity index (χ0n) is 41.2. The van der Waals surface area contributed by atoms with Crippen LogP contribution in [0, 0.1) is 0 Å². The average molecular weight is 894 g/mol. The second-order valence-corrected chi connectivity index (χ2v) is 19.4. The van der Waals surface area contributed by atoms with Crippen molar-refractivity contribution in [3.05, 3.63) is 234 Å². The molecule has 0 heterocycles. The second-order valence-electron chi connectivity index (χ2n) is 19.4. The molecular weight excluding hydrogens is 831 g/mol. The molecule has 2 aliphatic rings. The van der Waals surface area contributed by atoms with Crippen LogP contribution in [0.25, 0.3) is 66.8 Å². The van der Waals surface area contributed by atoms with E-state index in [9.17, 15) is 0 Å². The summed E-state index contributed by atoms with van der Waals surface area (Å²) in [6.45, 7) is 13.9. The first-order valence-electron chi connectivity index (χ1n) is 25.7. The molecule has 1 nitrogen and oxygen atoms in total. The van der Waals surface area contributed by atoms with Gasteiger partial charge < -0.3 is 4.90 Å². The first-order valence-corrected chi connectivity index (χ1v) is 25.7. The highest BCUT2D eigenvalue weighted by Crippen LogP contribution is 2.55. The van der Waals surface area contributed by atoms with Gasteiger partial charge in [-0.1, -0.05) is 193 Å². The van der Waals surface area contributed by atoms with Crippen LogP contribution >= 0.6 is 0 Å². The molecule has 9 aromatic rings. The van der Waals surface area contributed by atoms with Crippen molar-refractivity contribution in [2.45, 2.75) is 90.9 Å². The van der Waals surface area contributed by atoms with E-state index in [1.165, 1.54) is 100 Å². The molecule has 2 aliphatic carbocycles. The van der Waals surface area contributed by atoms with E-state index in [-0.39, 0.29) is 10.8 Å². The molecule has 11 rings (SSSR count). The SMILES string of the molecule is CCc1ccccc1-c1ccc(-c2ccc(N(c3ccc(-c4ccc5c(c4)C(CC)(CC)c4ccccc4-5)cc3)c3ccc(-c4ccc5c(c4)C(CC)(CC)c4ccccc4-5)cc3)cc2)cc1CC. The van der Waals surface area contributed by atoms with Crippen LogP contribution < -0.4 is 4.90 Å². The summed E-state index contributed by atoms with van der Waals surface area (Å²) in [7, 11) is 0. The van der Waals surface area contributed by atoms with E-state index in [4.69, 9.17) is 0 Å². The molecule has 0 N–H and O–H groups in total. The molecule has 0 fully saturated rings. The number of rotatable bonds is 13. The number of hydrogen-bond donors (Lipinski definition) is 0. The molecule has 340 valence electrons. The summed E-state index contributed by atoms with van der Waals surface area (Å²) in [6.07, 6.45) is 6.33. The molecule has 0 unspecified atom stereocenters. The highest BCUT2D eigenvalue weighted by atomic mass is 15.1. The first kappa shape index (κ1) is 44.3. The Balaban J connectivity index is 0.958. The Bertz CT molecular complexity index is 3170. The molecule has 0 saturated carbocycles. The highest BCUT2D eigenvalue weighted by molar-refractivity contribution is 5.87. The van der Waals surface area contributed by atoms with E-state index >= 15 is 0 Å². The van der Waals surface area contributed by atoms with Crippen LogP contribution in [0.15, 0.2) is 200 Å². The Morgan fingerprint density at radius 3 is 1.00 bits per heavy atom. The van der Waals surface area contributed by atoms with Gasteiger partial charge in [-0.25, -0.2) is 0 Å². The molecule has 0 bridgehead atoms. The summed E-state index contributed by atoms with van der Waals surface area (Å²) < 4.78 is 0. The van der Waals surface area contributed by atoms with Gasteiger partial charge in [0.05, 0.1) is 0 Å². The fraction of sp³-hybridized carbons (Fsp3) is 0.206. The van der Waals surface area contributed by atoms with Gasteiger partial charge in [-0.05, 0) is 187 Å². The second kappa shape index (κ2) is 18.0. The molecule has 9 aromatic carbocycles. The Morgan fingerprint density at radius 2 is 0.594 bits per heavy atom. The minimum Gasteiger partial charge on any atom is -0.311 e.